The van der Waals surface area contributed by atoms with Crippen LogP contribution in [0.1, 0.15) is 139 Å². The van der Waals surface area contributed by atoms with Crippen LogP contribution in [0.4, 0.5) is 0 Å². The normalized spacial score (nSPS) is 17.8. The molecule has 0 fully saturated rings. The first kappa shape index (κ1) is 27.1. The minimum atomic E-state index is -0.0116. The van der Waals surface area contributed by atoms with Crippen LogP contribution in [0.25, 0.3) is 0 Å². The topological polar surface area (TPSA) is 18.5 Å². The molecule has 1 atom stereocenters. The van der Waals surface area contributed by atoms with Crippen LogP contribution in [0.15, 0.2) is 0 Å². The molecular formula is C30H52O2. The lowest BCUT2D eigenvalue weighted by molar-refractivity contribution is 0.0521. The van der Waals surface area contributed by atoms with E-state index in [4.69, 9.17) is 9.47 Å². The number of rotatable bonds is 16. The highest BCUT2D eigenvalue weighted by Gasteiger charge is 2.34. The first-order chi connectivity index (χ1) is 15.4. The monoisotopic (exact) mass is 444 g/mol. The van der Waals surface area contributed by atoms with Gasteiger partial charge in [0, 0.05) is 5.56 Å². The molecule has 0 bridgehead atoms. The molecule has 2 rings (SSSR count). The van der Waals surface area contributed by atoms with E-state index >= 15 is 0 Å². The van der Waals surface area contributed by atoms with Crippen LogP contribution in [0, 0.1) is 20.8 Å². The number of hydrogen-bond donors (Lipinski definition) is 0. The minimum Gasteiger partial charge on any atom is -0.496 e. The van der Waals surface area contributed by atoms with Crippen LogP contribution in [0.2, 0.25) is 0 Å². The van der Waals surface area contributed by atoms with E-state index in [0.717, 1.165) is 24.3 Å². The van der Waals surface area contributed by atoms with Gasteiger partial charge in [-0.05, 0) is 70.1 Å². The fourth-order valence-electron chi connectivity index (χ4n) is 5.46. The summed E-state index contributed by atoms with van der Waals surface area (Å²) in [6.45, 7) is 11.2. The second kappa shape index (κ2) is 14.2. The molecule has 0 amide bonds. The Labute approximate surface area is 199 Å². The van der Waals surface area contributed by atoms with Gasteiger partial charge in [-0.25, -0.2) is 0 Å². The molecule has 0 spiro atoms. The van der Waals surface area contributed by atoms with Gasteiger partial charge in [0.1, 0.15) is 17.1 Å². The van der Waals surface area contributed by atoms with E-state index in [1.54, 1.807) is 7.11 Å². The van der Waals surface area contributed by atoms with Crippen molar-refractivity contribution in [3.05, 3.63) is 22.3 Å². The zero-order valence-electron chi connectivity index (χ0n) is 22.3. The summed E-state index contributed by atoms with van der Waals surface area (Å²) >= 11 is 0. The molecule has 0 aliphatic carbocycles. The lowest BCUT2D eigenvalue weighted by Gasteiger charge is -2.38. The summed E-state index contributed by atoms with van der Waals surface area (Å²) in [6, 6.07) is 0. The van der Waals surface area contributed by atoms with Gasteiger partial charge in [0.05, 0.1) is 7.11 Å². The third-order valence-electron chi connectivity index (χ3n) is 7.83. The number of benzene rings is 1. The minimum absolute atomic E-state index is 0.0116. The molecule has 0 aromatic heterocycles. The van der Waals surface area contributed by atoms with Crippen LogP contribution in [-0.4, -0.2) is 12.7 Å². The Morgan fingerprint density at radius 3 is 1.72 bits per heavy atom. The standard InChI is InChI=1S/C30H52O2/c1-7-8-9-10-11-12-13-14-15-16-17-18-19-20-22-30(5)23-21-27-26(4)28(31-6)24(2)25(3)29(27)32-30/h7-23H2,1-6H3. The predicted molar refractivity (Wildman–Crippen MR) is 139 cm³/mol. The average molecular weight is 445 g/mol. The smallest absolute Gasteiger partial charge is 0.127 e. The quantitative estimate of drug-likeness (QED) is 0.236. The highest BCUT2D eigenvalue weighted by Crippen LogP contribution is 2.44. The third kappa shape index (κ3) is 7.99. The number of unbranched alkanes of at least 4 members (excludes halogenated alkanes) is 13. The van der Waals surface area contributed by atoms with Crippen molar-refractivity contribution in [3.63, 3.8) is 0 Å². The summed E-state index contributed by atoms with van der Waals surface area (Å²) < 4.78 is 12.3. The van der Waals surface area contributed by atoms with E-state index in [1.165, 1.54) is 119 Å². The van der Waals surface area contributed by atoms with Crippen LogP contribution < -0.4 is 9.47 Å². The molecular weight excluding hydrogens is 392 g/mol. The predicted octanol–water partition coefficient (Wildman–Crippen LogP) is 9.58. The Morgan fingerprint density at radius 2 is 1.22 bits per heavy atom. The maximum Gasteiger partial charge on any atom is 0.127 e. The van der Waals surface area contributed by atoms with Crippen molar-refractivity contribution in [2.75, 3.05) is 7.11 Å². The van der Waals surface area contributed by atoms with Crippen LogP contribution in [0.5, 0.6) is 11.5 Å². The molecule has 1 aromatic carbocycles. The van der Waals surface area contributed by atoms with E-state index in [-0.39, 0.29) is 5.60 Å². The van der Waals surface area contributed by atoms with Gasteiger partial charge in [-0.1, -0.05) is 90.4 Å². The van der Waals surface area contributed by atoms with Gasteiger partial charge in [-0.2, -0.15) is 0 Å². The van der Waals surface area contributed by atoms with E-state index in [9.17, 15) is 0 Å². The van der Waals surface area contributed by atoms with Crippen molar-refractivity contribution >= 4 is 0 Å². The zero-order valence-corrected chi connectivity index (χ0v) is 22.3. The zero-order chi connectivity index (χ0) is 23.4. The summed E-state index contributed by atoms with van der Waals surface area (Å²) in [4.78, 5) is 0. The van der Waals surface area contributed by atoms with E-state index < -0.39 is 0 Å². The Balaban J connectivity index is 1.60. The summed E-state index contributed by atoms with van der Waals surface area (Å²) in [5.41, 5.74) is 5.11. The van der Waals surface area contributed by atoms with Crippen LogP contribution in [-0.2, 0) is 6.42 Å². The number of ether oxygens (including phenoxy) is 2. The lowest BCUT2D eigenvalue weighted by Crippen LogP contribution is -2.37. The summed E-state index contributed by atoms with van der Waals surface area (Å²) in [6.07, 6.45) is 23.2. The molecule has 1 heterocycles. The van der Waals surface area contributed by atoms with Gasteiger partial charge in [-0.3, -0.25) is 0 Å². The van der Waals surface area contributed by atoms with E-state index in [0.29, 0.717) is 0 Å². The van der Waals surface area contributed by atoms with Crippen molar-refractivity contribution < 1.29 is 9.47 Å². The van der Waals surface area contributed by atoms with Gasteiger partial charge in [-0.15, -0.1) is 0 Å². The molecule has 0 saturated carbocycles. The van der Waals surface area contributed by atoms with Crippen molar-refractivity contribution in [1.82, 2.24) is 0 Å². The van der Waals surface area contributed by atoms with Gasteiger partial charge < -0.3 is 9.47 Å². The number of methoxy groups -OCH3 is 1. The number of fused-ring (bicyclic) bond motifs is 1. The summed E-state index contributed by atoms with van der Waals surface area (Å²) in [7, 11) is 1.78. The van der Waals surface area contributed by atoms with Gasteiger partial charge in [0.25, 0.3) is 0 Å². The highest BCUT2D eigenvalue weighted by molar-refractivity contribution is 5.58. The Bertz CT molecular complexity index is 678. The summed E-state index contributed by atoms with van der Waals surface area (Å²) in [5, 5.41) is 0. The first-order valence-corrected chi connectivity index (χ1v) is 13.8. The first-order valence-electron chi connectivity index (χ1n) is 13.8. The second-order valence-electron chi connectivity index (χ2n) is 10.6. The molecule has 1 unspecified atom stereocenters. The van der Waals surface area contributed by atoms with E-state index in [2.05, 4.69) is 34.6 Å². The molecule has 1 aromatic rings. The molecule has 2 nitrogen and oxygen atoms in total. The van der Waals surface area contributed by atoms with Crippen LogP contribution in [0.3, 0.4) is 0 Å². The fraction of sp³-hybridized carbons (Fsp3) is 0.800. The van der Waals surface area contributed by atoms with Crippen molar-refractivity contribution in [2.45, 2.75) is 149 Å². The fourth-order valence-corrected chi connectivity index (χ4v) is 5.46. The lowest BCUT2D eigenvalue weighted by atomic mass is 9.84. The van der Waals surface area contributed by atoms with E-state index in [1.807, 2.05) is 0 Å². The molecule has 1 aliphatic heterocycles. The SMILES string of the molecule is CCCCCCCCCCCCCCCCC1(C)CCc2c(C)c(OC)c(C)c(C)c2O1. The summed E-state index contributed by atoms with van der Waals surface area (Å²) in [5.74, 6) is 2.18. The highest BCUT2D eigenvalue weighted by atomic mass is 16.5. The molecule has 184 valence electrons. The van der Waals surface area contributed by atoms with Gasteiger partial charge in [0.2, 0.25) is 0 Å². The maximum atomic E-state index is 6.67. The molecule has 0 radical (unpaired) electrons. The number of hydrogen-bond acceptors (Lipinski definition) is 2. The Hall–Kier alpha value is -1.18. The van der Waals surface area contributed by atoms with Gasteiger partial charge in [0.15, 0.2) is 0 Å². The van der Waals surface area contributed by atoms with Crippen molar-refractivity contribution in [2.24, 2.45) is 0 Å². The van der Waals surface area contributed by atoms with Crippen LogP contribution >= 0.6 is 0 Å². The maximum absolute atomic E-state index is 6.67. The second-order valence-corrected chi connectivity index (χ2v) is 10.6. The van der Waals surface area contributed by atoms with Gasteiger partial charge >= 0.3 is 0 Å². The Morgan fingerprint density at radius 1 is 0.719 bits per heavy atom. The molecule has 0 N–H and O–H groups in total. The molecule has 2 heteroatoms. The van der Waals surface area contributed by atoms with Crippen molar-refractivity contribution in [1.29, 1.82) is 0 Å². The van der Waals surface area contributed by atoms with Crippen molar-refractivity contribution in [3.8, 4) is 11.5 Å². The molecule has 32 heavy (non-hydrogen) atoms. The molecule has 0 saturated heterocycles. The molecule has 1 aliphatic rings. The largest absolute Gasteiger partial charge is 0.496 e. The Kier molecular flexibility index (Phi) is 12.0. The third-order valence-corrected chi connectivity index (χ3v) is 7.83. The average Bonchev–Trinajstić information content (AvgIpc) is 2.78.